The van der Waals surface area contributed by atoms with Crippen molar-refractivity contribution in [3.05, 3.63) is 40.4 Å². The van der Waals surface area contributed by atoms with Gasteiger partial charge in [-0.05, 0) is 26.0 Å². The molecule has 0 saturated carbocycles. The molecule has 8 nitrogen and oxygen atoms in total. The van der Waals surface area contributed by atoms with Crippen LogP contribution in [0.5, 0.6) is 0 Å². The van der Waals surface area contributed by atoms with Crippen molar-refractivity contribution < 1.29 is 17.9 Å². The van der Waals surface area contributed by atoms with E-state index in [1.165, 1.54) is 23.5 Å². The zero-order valence-electron chi connectivity index (χ0n) is 16.8. The van der Waals surface area contributed by atoms with Crippen LogP contribution in [0.25, 0.3) is 0 Å². The first-order valence-corrected chi connectivity index (χ1v) is 12.3. The largest absolute Gasteiger partial charge is 0.373 e. The van der Waals surface area contributed by atoms with E-state index in [1.807, 2.05) is 5.38 Å². The number of aromatic nitrogens is 1. The van der Waals surface area contributed by atoms with E-state index >= 15 is 0 Å². The second kappa shape index (κ2) is 10.2. The van der Waals surface area contributed by atoms with Crippen LogP contribution >= 0.6 is 22.9 Å². The third-order valence-electron chi connectivity index (χ3n) is 4.45. The van der Waals surface area contributed by atoms with Crippen molar-refractivity contribution in [2.45, 2.75) is 43.9 Å². The molecular weight excluding hydrogens is 448 g/mol. The molecule has 1 fully saturated rings. The van der Waals surface area contributed by atoms with Gasteiger partial charge in [-0.1, -0.05) is 23.7 Å². The van der Waals surface area contributed by atoms with Gasteiger partial charge in [-0.25, -0.2) is 18.1 Å². The molecular formula is C19H25ClN4O4S2. The van der Waals surface area contributed by atoms with Gasteiger partial charge >= 0.3 is 0 Å². The van der Waals surface area contributed by atoms with Gasteiger partial charge in [0.15, 0.2) is 5.13 Å². The quantitative estimate of drug-likeness (QED) is 0.612. The van der Waals surface area contributed by atoms with Crippen LogP contribution in [0.15, 0.2) is 34.5 Å². The number of sulfonamides is 1. The number of hydrogen-bond acceptors (Lipinski definition) is 7. The fourth-order valence-corrected chi connectivity index (χ4v) is 5.57. The van der Waals surface area contributed by atoms with Gasteiger partial charge in [-0.2, -0.15) is 0 Å². The lowest BCUT2D eigenvalue weighted by molar-refractivity contribution is -0.116. The van der Waals surface area contributed by atoms with E-state index in [2.05, 4.69) is 33.8 Å². The predicted molar refractivity (Wildman–Crippen MR) is 117 cm³/mol. The van der Waals surface area contributed by atoms with Crippen molar-refractivity contribution in [1.82, 2.24) is 14.6 Å². The maximum atomic E-state index is 12.3. The van der Waals surface area contributed by atoms with Crippen LogP contribution in [0.1, 0.15) is 26.0 Å². The fraction of sp³-hybridized carbons (Fsp3) is 0.474. The number of anilines is 1. The Bertz CT molecular complexity index is 972. The number of nitrogens with one attached hydrogen (secondary N) is 2. The molecule has 30 heavy (non-hydrogen) atoms. The van der Waals surface area contributed by atoms with Gasteiger partial charge in [0, 0.05) is 38.0 Å². The average molecular weight is 473 g/mol. The van der Waals surface area contributed by atoms with E-state index in [1.54, 1.807) is 12.1 Å². The Morgan fingerprint density at radius 2 is 2.00 bits per heavy atom. The molecule has 0 radical (unpaired) electrons. The number of carbonyl (C=O) groups excluding carboxylic acids is 1. The summed E-state index contributed by atoms with van der Waals surface area (Å²) in [6.45, 7) is 6.44. The molecule has 0 spiro atoms. The van der Waals surface area contributed by atoms with E-state index in [9.17, 15) is 13.2 Å². The number of morpholine rings is 1. The molecule has 1 aliphatic heterocycles. The Balaban J connectivity index is 1.46. The Morgan fingerprint density at radius 3 is 2.70 bits per heavy atom. The molecule has 2 unspecified atom stereocenters. The van der Waals surface area contributed by atoms with Gasteiger partial charge in [0.1, 0.15) is 4.90 Å². The van der Waals surface area contributed by atoms with Crippen LogP contribution in [0, 0.1) is 0 Å². The summed E-state index contributed by atoms with van der Waals surface area (Å²) in [5.41, 5.74) is 0.885. The first kappa shape index (κ1) is 23.1. The number of amides is 1. The molecule has 1 amide bonds. The van der Waals surface area contributed by atoms with E-state index in [0.717, 1.165) is 18.8 Å². The predicted octanol–water partition coefficient (Wildman–Crippen LogP) is 2.71. The van der Waals surface area contributed by atoms with Crippen molar-refractivity contribution in [3.63, 3.8) is 0 Å². The number of rotatable bonds is 8. The summed E-state index contributed by atoms with van der Waals surface area (Å²) in [4.78, 5) is 18.9. The molecule has 11 heteroatoms. The molecule has 2 N–H and O–H groups in total. The summed E-state index contributed by atoms with van der Waals surface area (Å²) in [7, 11) is -3.77. The molecule has 2 atom stereocenters. The van der Waals surface area contributed by atoms with E-state index < -0.39 is 10.0 Å². The van der Waals surface area contributed by atoms with E-state index in [4.69, 9.17) is 16.3 Å². The van der Waals surface area contributed by atoms with Crippen LogP contribution in [-0.4, -0.2) is 56.1 Å². The average Bonchev–Trinajstić information content (AvgIpc) is 3.07. The Labute approximate surface area is 185 Å². The molecule has 1 aromatic heterocycles. The molecule has 2 aromatic rings. The zero-order chi connectivity index (χ0) is 21.7. The zero-order valence-corrected chi connectivity index (χ0v) is 19.2. The third-order valence-corrected chi connectivity index (χ3v) is 7.22. The van der Waals surface area contributed by atoms with Crippen molar-refractivity contribution in [3.8, 4) is 0 Å². The van der Waals surface area contributed by atoms with Gasteiger partial charge in [-0.15, -0.1) is 11.3 Å². The van der Waals surface area contributed by atoms with Crippen molar-refractivity contribution >= 4 is 44.0 Å². The summed E-state index contributed by atoms with van der Waals surface area (Å²) in [6, 6.07) is 6.15. The van der Waals surface area contributed by atoms with Gasteiger partial charge in [-0.3, -0.25) is 9.69 Å². The molecule has 0 aliphatic carbocycles. The number of hydrogen-bond donors (Lipinski definition) is 2. The third kappa shape index (κ3) is 6.47. The van der Waals surface area contributed by atoms with Gasteiger partial charge in [0.25, 0.3) is 0 Å². The fourth-order valence-electron chi connectivity index (χ4n) is 3.30. The molecule has 2 heterocycles. The van der Waals surface area contributed by atoms with Crippen LogP contribution in [0.4, 0.5) is 5.13 Å². The summed E-state index contributed by atoms with van der Waals surface area (Å²) in [5.74, 6) is -0.314. The monoisotopic (exact) mass is 472 g/mol. The summed E-state index contributed by atoms with van der Waals surface area (Å²) >= 11 is 7.28. The Morgan fingerprint density at radius 1 is 1.30 bits per heavy atom. The van der Waals surface area contributed by atoms with Crippen LogP contribution in [0.2, 0.25) is 5.02 Å². The van der Waals surface area contributed by atoms with Crippen molar-refractivity contribution in [1.29, 1.82) is 0 Å². The molecule has 164 valence electrons. The highest BCUT2D eigenvalue weighted by Crippen LogP contribution is 2.21. The van der Waals surface area contributed by atoms with Crippen LogP contribution < -0.4 is 10.0 Å². The van der Waals surface area contributed by atoms with Crippen molar-refractivity contribution in [2.24, 2.45) is 0 Å². The highest BCUT2D eigenvalue weighted by atomic mass is 35.5. The SMILES string of the molecule is CC1CN(Cc2csc(NC(=O)CCNS(=O)(=O)c3ccccc3Cl)n2)CC(C)O1. The van der Waals surface area contributed by atoms with Gasteiger partial charge in [0.2, 0.25) is 15.9 Å². The minimum absolute atomic E-state index is 0.0108. The first-order valence-electron chi connectivity index (χ1n) is 9.59. The van der Waals surface area contributed by atoms with E-state index in [-0.39, 0.29) is 41.0 Å². The molecule has 0 bridgehead atoms. The first-order chi connectivity index (χ1) is 14.2. The summed E-state index contributed by atoms with van der Waals surface area (Å²) in [5, 5.41) is 5.27. The summed E-state index contributed by atoms with van der Waals surface area (Å²) < 4.78 is 32.7. The lowest BCUT2D eigenvalue weighted by Gasteiger charge is -2.34. The topological polar surface area (TPSA) is 101 Å². The number of thiazole rings is 1. The highest BCUT2D eigenvalue weighted by molar-refractivity contribution is 7.89. The molecule has 1 aromatic carbocycles. The Hall–Kier alpha value is -1.56. The van der Waals surface area contributed by atoms with Gasteiger partial charge in [0.05, 0.1) is 22.9 Å². The normalized spacial score (nSPS) is 20.2. The van der Waals surface area contributed by atoms with Gasteiger partial charge < -0.3 is 10.1 Å². The number of halogens is 1. The number of nitrogens with zero attached hydrogens (tertiary/aromatic N) is 2. The van der Waals surface area contributed by atoms with Crippen molar-refractivity contribution in [2.75, 3.05) is 25.0 Å². The lowest BCUT2D eigenvalue weighted by atomic mass is 10.2. The smallest absolute Gasteiger partial charge is 0.242 e. The van der Waals surface area contributed by atoms with Crippen LogP contribution in [0.3, 0.4) is 0 Å². The van der Waals surface area contributed by atoms with Crippen LogP contribution in [-0.2, 0) is 26.1 Å². The number of carbonyl (C=O) groups is 1. The second-order valence-corrected chi connectivity index (χ2v) is 10.2. The molecule has 1 aliphatic rings. The molecule has 1 saturated heterocycles. The summed E-state index contributed by atoms with van der Waals surface area (Å²) in [6.07, 6.45) is 0.346. The standard InChI is InChI=1S/C19H25ClN4O4S2/c1-13-9-24(10-14(2)28-13)11-15-12-29-19(22-15)23-18(25)7-8-21-30(26,27)17-6-4-3-5-16(17)20/h3-6,12-14,21H,7-11H2,1-2H3,(H,22,23,25). The minimum Gasteiger partial charge on any atom is -0.373 e. The second-order valence-electron chi connectivity index (χ2n) is 7.22. The Kier molecular flexibility index (Phi) is 7.83. The maximum absolute atomic E-state index is 12.3. The maximum Gasteiger partial charge on any atom is 0.242 e. The highest BCUT2D eigenvalue weighted by Gasteiger charge is 2.23. The lowest BCUT2D eigenvalue weighted by Crippen LogP contribution is -2.44. The number of benzene rings is 1. The minimum atomic E-state index is -3.77. The molecule has 3 rings (SSSR count). The number of ether oxygens (including phenoxy) is 1. The van der Waals surface area contributed by atoms with E-state index in [0.29, 0.717) is 11.7 Å².